The molecule has 76 valence electrons. The summed E-state index contributed by atoms with van der Waals surface area (Å²) in [5, 5.41) is 8.76. The first-order valence-electron chi connectivity index (χ1n) is 4.90. The Labute approximate surface area is 82.6 Å². The molecule has 1 unspecified atom stereocenters. The average molecular weight is 194 g/mol. The van der Waals surface area contributed by atoms with Crippen molar-refractivity contribution in [1.82, 2.24) is 9.55 Å². The van der Waals surface area contributed by atoms with Gasteiger partial charge in [-0.3, -0.25) is 4.79 Å². The predicted octanol–water partition coefficient (Wildman–Crippen LogP) is 1.31. The van der Waals surface area contributed by atoms with E-state index in [1.165, 1.54) is 5.69 Å². The monoisotopic (exact) mass is 194 g/mol. The van der Waals surface area contributed by atoms with Crippen LogP contribution in [0.5, 0.6) is 0 Å². The molecule has 0 saturated carbocycles. The van der Waals surface area contributed by atoms with Crippen molar-refractivity contribution in [2.45, 2.75) is 31.6 Å². The number of aromatic nitrogens is 2. The van der Waals surface area contributed by atoms with Gasteiger partial charge in [-0.05, 0) is 19.3 Å². The highest BCUT2D eigenvalue weighted by Gasteiger charge is 2.25. The van der Waals surface area contributed by atoms with Crippen LogP contribution in [-0.4, -0.2) is 20.6 Å². The minimum Gasteiger partial charge on any atom is -0.481 e. The van der Waals surface area contributed by atoms with Crippen LogP contribution in [0.3, 0.4) is 0 Å². The van der Waals surface area contributed by atoms with Gasteiger partial charge in [-0.2, -0.15) is 0 Å². The predicted molar refractivity (Wildman–Crippen MR) is 51.1 cm³/mol. The lowest BCUT2D eigenvalue weighted by atomic mass is 9.87. The number of carboxylic acid groups (broad SMARTS) is 1. The van der Waals surface area contributed by atoms with E-state index >= 15 is 0 Å². The van der Waals surface area contributed by atoms with Crippen LogP contribution in [0.1, 0.15) is 36.6 Å². The lowest BCUT2D eigenvalue weighted by Gasteiger charge is -2.20. The molecule has 0 saturated heterocycles. The highest BCUT2D eigenvalue weighted by Crippen LogP contribution is 2.32. The molecular weight excluding hydrogens is 180 g/mol. The van der Waals surface area contributed by atoms with Crippen LogP contribution in [-0.2, 0) is 18.3 Å². The Morgan fingerprint density at radius 1 is 1.79 bits per heavy atom. The van der Waals surface area contributed by atoms with Gasteiger partial charge in [-0.25, -0.2) is 4.98 Å². The van der Waals surface area contributed by atoms with Crippen molar-refractivity contribution in [3.05, 3.63) is 17.7 Å². The van der Waals surface area contributed by atoms with Gasteiger partial charge in [-0.15, -0.1) is 0 Å². The summed E-state index contributed by atoms with van der Waals surface area (Å²) in [7, 11) is 1.97. The van der Waals surface area contributed by atoms with Crippen LogP contribution in [0.4, 0.5) is 0 Å². The lowest BCUT2D eigenvalue weighted by molar-refractivity contribution is -0.137. The van der Waals surface area contributed by atoms with Crippen LogP contribution in [0.15, 0.2) is 6.33 Å². The van der Waals surface area contributed by atoms with Crippen molar-refractivity contribution in [2.24, 2.45) is 7.05 Å². The van der Waals surface area contributed by atoms with E-state index < -0.39 is 5.97 Å². The molecule has 14 heavy (non-hydrogen) atoms. The maximum atomic E-state index is 10.6. The third kappa shape index (κ3) is 1.52. The summed E-state index contributed by atoms with van der Waals surface area (Å²) in [5.41, 5.74) is 2.21. The normalized spacial score (nSPS) is 20.5. The fourth-order valence-electron chi connectivity index (χ4n) is 2.18. The molecule has 1 aromatic rings. The Bertz CT molecular complexity index is 357. The van der Waals surface area contributed by atoms with E-state index in [0.717, 1.165) is 25.0 Å². The van der Waals surface area contributed by atoms with Gasteiger partial charge in [0, 0.05) is 18.7 Å². The van der Waals surface area contributed by atoms with Crippen LogP contribution in [0, 0.1) is 0 Å². The van der Waals surface area contributed by atoms with Gasteiger partial charge < -0.3 is 9.67 Å². The molecule has 0 aromatic carbocycles. The Morgan fingerprint density at radius 3 is 3.29 bits per heavy atom. The molecule has 0 radical (unpaired) electrons. The summed E-state index contributed by atoms with van der Waals surface area (Å²) < 4.78 is 2.00. The molecule has 4 nitrogen and oxygen atoms in total. The number of imidazole rings is 1. The molecule has 1 aliphatic carbocycles. The number of aliphatic carboxylic acids is 1. The minimum atomic E-state index is -0.728. The largest absolute Gasteiger partial charge is 0.481 e. The first-order valence-corrected chi connectivity index (χ1v) is 4.90. The fraction of sp³-hybridized carbons (Fsp3) is 0.600. The molecule has 1 heterocycles. The number of carbonyl (C=O) groups is 1. The molecular formula is C10H14N2O2. The minimum absolute atomic E-state index is 0.123. The van der Waals surface area contributed by atoms with Crippen LogP contribution in [0.2, 0.25) is 0 Å². The summed E-state index contributed by atoms with van der Waals surface area (Å²) in [4.78, 5) is 14.9. The summed E-state index contributed by atoms with van der Waals surface area (Å²) in [6, 6.07) is 0. The zero-order valence-corrected chi connectivity index (χ0v) is 8.23. The second kappa shape index (κ2) is 3.44. The highest BCUT2D eigenvalue weighted by molar-refractivity contribution is 5.68. The standard InChI is InChI=1S/C10H14N2O2/c1-12-6-11-10-7(5-9(13)14)3-2-4-8(10)12/h6-7H,2-5H2,1H3,(H,13,14). The van der Waals surface area contributed by atoms with Crippen LogP contribution >= 0.6 is 0 Å². The van der Waals surface area contributed by atoms with E-state index in [-0.39, 0.29) is 12.3 Å². The van der Waals surface area contributed by atoms with Crippen LogP contribution < -0.4 is 0 Å². The molecule has 0 fully saturated rings. The van der Waals surface area contributed by atoms with Gasteiger partial charge in [0.05, 0.1) is 18.4 Å². The number of hydrogen-bond donors (Lipinski definition) is 1. The van der Waals surface area contributed by atoms with E-state index in [1.807, 2.05) is 11.6 Å². The number of nitrogens with zero attached hydrogens (tertiary/aromatic N) is 2. The average Bonchev–Trinajstić information content (AvgIpc) is 2.49. The summed E-state index contributed by atoms with van der Waals surface area (Å²) >= 11 is 0. The molecule has 2 rings (SSSR count). The number of carboxylic acids is 1. The molecule has 1 N–H and O–H groups in total. The van der Waals surface area contributed by atoms with Crippen molar-refractivity contribution in [1.29, 1.82) is 0 Å². The van der Waals surface area contributed by atoms with Crippen LogP contribution in [0.25, 0.3) is 0 Å². The number of aryl methyl sites for hydroxylation is 1. The van der Waals surface area contributed by atoms with Gasteiger partial charge in [0.2, 0.25) is 0 Å². The Hall–Kier alpha value is -1.32. The maximum Gasteiger partial charge on any atom is 0.304 e. The van der Waals surface area contributed by atoms with E-state index in [4.69, 9.17) is 5.11 Å². The SMILES string of the molecule is Cn1cnc2c1CCCC2CC(=O)O. The van der Waals surface area contributed by atoms with Crippen molar-refractivity contribution < 1.29 is 9.90 Å². The number of hydrogen-bond acceptors (Lipinski definition) is 2. The topological polar surface area (TPSA) is 55.1 Å². The lowest BCUT2D eigenvalue weighted by Crippen LogP contribution is -2.14. The van der Waals surface area contributed by atoms with Crippen molar-refractivity contribution in [2.75, 3.05) is 0 Å². The third-order valence-electron chi connectivity index (χ3n) is 2.87. The Balaban J connectivity index is 2.27. The van der Waals surface area contributed by atoms with Gasteiger partial charge in [-0.1, -0.05) is 0 Å². The second-order valence-corrected chi connectivity index (χ2v) is 3.87. The second-order valence-electron chi connectivity index (χ2n) is 3.87. The van der Waals surface area contributed by atoms with E-state index in [1.54, 1.807) is 6.33 Å². The molecule has 4 heteroatoms. The zero-order chi connectivity index (χ0) is 10.1. The van der Waals surface area contributed by atoms with Gasteiger partial charge in [0.25, 0.3) is 0 Å². The van der Waals surface area contributed by atoms with Crippen molar-refractivity contribution >= 4 is 5.97 Å². The smallest absolute Gasteiger partial charge is 0.304 e. The molecule has 0 spiro atoms. The van der Waals surface area contributed by atoms with E-state index in [0.29, 0.717) is 0 Å². The molecule has 0 amide bonds. The first-order chi connectivity index (χ1) is 6.68. The third-order valence-corrected chi connectivity index (χ3v) is 2.87. The highest BCUT2D eigenvalue weighted by atomic mass is 16.4. The molecule has 1 atom stereocenters. The quantitative estimate of drug-likeness (QED) is 0.772. The molecule has 1 aliphatic rings. The fourth-order valence-corrected chi connectivity index (χ4v) is 2.18. The van der Waals surface area contributed by atoms with Gasteiger partial charge in [0.1, 0.15) is 0 Å². The Morgan fingerprint density at radius 2 is 2.57 bits per heavy atom. The summed E-state index contributed by atoms with van der Waals surface area (Å²) in [6.07, 6.45) is 5.05. The van der Waals surface area contributed by atoms with Gasteiger partial charge in [0.15, 0.2) is 0 Å². The molecule has 0 aliphatic heterocycles. The zero-order valence-electron chi connectivity index (χ0n) is 8.23. The van der Waals surface area contributed by atoms with E-state index in [9.17, 15) is 4.79 Å². The Kier molecular flexibility index (Phi) is 2.27. The molecule has 0 bridgehead atoms. The number of rotatable bonds is 2. The van der Waals surface area contributed by atoms with Gasteiger partial charge >= 0.3 is 5.97 Å². The summed E-state index contributed by atoms with van der Waals surface area (Å²) in [5.74, 6) is -0.606. The van der Waals surface area contributed by atoms with Crippen molar-refractivity contribution in [3.63, 3.8) is 0 Å². The summed E-state index contributed by atoms with van der Waals surface area (Å²) in [6.45, 7) is 0. The maximum absolute atomic E-state index is 10.6. The molecule has 1 aromatic heterocycles. The van der Waals surface area contributed by atoms with E-state index in [2.05, 4.69) is 4.98 Å². The van der Waals surface area contributed by atoms with Crippen molar-refractivity contribution in [3.8, 4) is 0 Å². The first kappa shape index (κ1) is 9.24. The number of fused-ring (bicyclic) bond motifs is 1.